The first kappa shape index (κ1) is 29.2. The first-order chi connectivity index (χ1) is 19.1. The predicted molar refractivity (Wildman–Crippen MR) is 153 cm³/mol. The van der Waals surface area contributed by atoms with E-state index < -0.39 is 12.0 Å². The van der Waals surface area contributed by atoms with Crippen molar-refractivity contribution in [3.05, 3.63) is 59.2 Å². The quantitative estimate of drug-likeness (QED) is 0.461. The highest BCUT2D eigenvalue weighted by atomic mass is 16.4. The van der Waals surface area contributed by atoms with Gasteiger partial charge >= 0.3 is 5.97 Å². The van der Waals surface area contributed by atoms with E-state index in [1.54, 1.807) is 21.7 Å². The Balaban J connectivity index is 1.67. The van der Waals surface area contributed by atoms with E-state index in [1.165, 1.54) is 24.3 Å². The molecule has 40 heavy (non-hydrogen) atoms. The summed E-state index contributed by atoms with van der Waals surface area (Å²) in [5.41, 5.74) is 8.69. The standard InChI is InChI=1S/C30H39N5O5/c1-33(2)18-26(36)34(3)25-6-4-5-24-23(25)15-16-35(29(38)20-9-7-19(17-31)8-10-20)27(24)28(37)32-22-13-11-21(12-14-22)30(39)40/h4-6,11-14,19-20,27H,7-10,15-18,31H2,1-3H3,(H,32,37)(H,39,40). The van der Waals surface area contributed by atoms with Crippen molar-refractivity contribution in [2.45, 2.75) is 38.1 Å². The van der Waals surface area contributed by atoms with E-state index >= 15 is 0 Å². The van der Waals surface area contributed by atoms with Crippen molar-refractivity contribution >= 4 is 35.1 Å². The molecule has 1 aliphatic heterocycles. The number of nitrogens with zero attached hydrogens (tertiary/aromatic N) is 3. The maximum absolute atomic E-state index is 13.9. The van der Waals surface area contributed by atoms with Crippen LogP contribution in [-0.4, -0.2) is 79.4 Å². The van der Waals surface area contributed by atoms with Crippen molar-refractivity contribution in [1.82, 2.24) is 9.80 Å². The van der Waals surface area contributed by atoms with E-state index in [2.05, 4.69) is 5.32 Å². The molecule has 4 rings (SSSR count). The zero-order valence-electron chi connectivity index (χ0n) is 23.4. The summed E-state index contributed by atoms with van der Waals surface area (Å²) in [7, 11) is 5.40. The molecule has 0 spiro atoms. The lowest BCUT2D eigenvalue weighted by atomic mass is 9.80. The van der Waals surface area contributed by atoms with E-state index in [-0.39, 0.29) is 35.7 Å². The van der Waals surface area contributed by atoms with Gasteiger partial charge in [-0.1, -0.05) is 12.1 Å². The maximum atomic E-state index is 13.9. The number of hydrogen-bond donors (Lipinski definition) is 3. The molecule has 1 aliphatic carbocycles. The number of fused-ring (bicyclic) bond motifs is 1. The topological polar surface area (TPSA) is 136 Å². The van der Waals surface area contributed by atoms with Gasteiger partial charge in [0.15, 0.2) is 0 Å². The molecule has 4 N–H and O–H groups in total. The average molecular weight is 550 g/mol. The molecule has 1 saturated carbocycles. The monoisotopic (exact) mass is 549 g/mol. The second kappa shape index (κ2) is 12.6. The van der Waals surface area contributed by atoms with Crippen molar-refractivity contribution in [2.24, 2.45) is 17.6 Å². The Morgan fingerprint density at radius 2 is 1.68 bits per heavy atom. The summed E-state index contributed by atoms with van der Waals surface area (Å²) in [6.45, 7) is 1.21. The average Bonchev–Trinajstić information content (AvgIpc) is 2.95. The molecule has 3 amide bonds. The van der Waals surface area contributed by atoms with Crippen LogP contribution in [0.5, 0.6) is 0 Å². The molecule has 10 nitrogen and oxygen atoms in total. The van der Waals surface area contributed by atoms with Crippen LogP contribution in [0.15, 0.2) is 42.5 Å². The number of amides is 3. The van der Waals surface area contributed by atoms with E-state index in [9.17, 15) is 24.3 Å². The predicted octanol–water partition coefficient (Wildman–Crippen LogP) is 2.74. The highest BCUT2D eigenvalue weighted by molar-refractivity contribution is 6.00. The molecular formula is C30H39N5O5. The summed E-state index contributed by atoms with van der Waals surface area (Å²) in [6.07, 6.45) is 3.81. The fourth-order valence-corrected chi connectivity index (χ4v) is 5.78. The summed E-state index contributed by atoms with van der Waals surface area (Å²) in [6, 6.07) is 10.6. The van der Waals surface area contributed by atoms with E-state index in [4.69, 9.17) is 5.73 Å². The summed E-state index contributed by atoms with van der Waals surface area (Å²) in [4.78, 5) is 57.0. The van der Waals surface area contributed by atoms with Gasteiger partial charge in [-0.25, -0.2) is 4.79 Å². The van der Waals surface area contributed by atoms with Crippen molar-refractivity contribution in [1.29, 1.82) is 0 Å². The van der Waals surface area contributed by atoms with E-state index in [0.717, 1.165) is 36.9 Å². The molecule has 10 heteroatoms. The Labute approximate surface area is 235 Å². The van der Waals surface area contributed by atoms with Crippen molar-refractivity contribution in [3.8, 4) is 0 Å². The molecule has 1 atom stereocenters. The second-order valence-electron chi connectivity index (χ2n) is 11.0. The van der Waals surface area contributed by atoms with Crippen molar-refractivity contribution in [3.63, 3.8) is 0 Å². The van der Waals surface area contributed by atoms with Gasteiger partial charge in [0, 0.05) is 30.9 Å². The molecule has 1 heterocycles. The molecular weight excluding hydrogens is 510 g/mol. The minimum atomic E-state index is -1.05. The Bertz CT molecular complexity index is 1250. The van der Waals surface area contributed by atoms with E-state index in [0.29, 0.717) is 36.7 Å². The summed E-state index contributed by atoms with van der Waals surface area (Å²) in [5.74, 6) is -1.29. The molecule has 1 fully saturated rings. The number of hydrogen-bond acceptors (Lipinski definition) is 6. The van der Waals surface area contributed by atoms with Gasteiger partial charge in [0.2, 0.25) is 11.8 Å². The minimum absolute atomic E-state index is 0.0371. The van der Waals surface area contributed by atoms with Crippen LogP contribution < -0.4 is 16.0 Å². The largest absolute Gasteiger partial charge is 0.478 e. The van der Waals surface area contributed by atoms with Crippen LogP contribution in [0, 0.1) is 11.8 Å². The summed E-state index contributed by atoms with van der Waals surface area (Å²) in [5, 5.41) is 12.1. The molecule has 1 unspecified atom stereocenters. The van der Waals surface area contributed by atoms with Crippen LogP contribution in [0.1, 0.15) is 53.2 Å². The smallest absolute Gasteiger partial charge is 0.335 e. The molecule has 214 valence electrons. The Hall–Kier alpha value is -3.76. The normalized spacial score (nSPS) is 20.5. The maximum Gasteiger partial charge on any atom is 0.335 e. The highest BCUT2D eigenvalue weighted by Crippen LogP contribution is 2.39. The Kier molecular flexibility index (Phi) is 9.21. The number of benzene rings is 2. The molecule has 0 saturated heterocycles. The summed E-state index contributed by atoms with van der Waals surface area (Å²) < 4.78 is 0. The van der Waals surface area contributed by atoms with Gasteiger partial charge in [-0.2, -0.15) is 0 Å². The second-order valence-corrected chi connectivity index (χ2v) is 11.0. The highest BCUT2D eigenvalue weighted by Gasteiger charge is 2.40. The van der Waals surface area contributed by atoms with Gasteiger partial charge in [0.1, 0.15) is 6.04 Å². The number of nitrogens with one attached hydrogen (secondary N) is 1. The van der Waals surface area contributed by atoms with E-state index in [1.807, 2.05) is 32.3 Å². The van der Waals surface area contributed by atoms with Crippen LogP contribution in [-0.2, 0) is 20.8 Å². The van der Waals surface area contributed by atoms with Gasteiger partial charge in [-0.05, 0) is 100 Å². The van der Waals surface area contributed by atoms with Crippen LogP contribution in [0.2, 0.25) is 0 Å². The van der Waals surface area contributed by atoms with Gasteiger partial charge in [-0.3, -0.25) is 14.4 Å². The third-order valence-electron chi connectivity index (χ3n) is 8.04. The first-order valence-corrected chi connectivity index (χ1v) is 13.8. The van der Waals surface area contributed by atoms with Gasteiger partial charge in [0.25, 0.3) is 5.91 Å². The fraction of sp³-hybridized carbons (Fsp3) is 0.467. The number of carboxylic acid groups (broad SMARTS) is 1. The first-order valence-electron chi connectivity index (χ1n) is 13.8. The Morgan fingerprint density at radius 1 is 1.00 bits per heavy atom. The fourth-order valence-electron chi connectivity index (χ4n) is 5.78. The molecule has 2 aromatic rings. The van der Waals surface area contributed by atoms with Gasteiger partial charge in [0.05, 0.1) is 12.1 Å². The SMILES string of the molecule is CN(C)CC(=O)N(C)c1cccc2c1CCN(C(=O)C1CCC(CN)CC1)C2C(=O)Nc1ccc(C(=O)O)cc1. The van der Waals surface area contributed by atoms with Gasteiger partial charge in [-0.15, -0.1) is 0 Å². The third-order valence-corrected chi connectivity index (χ3v) is 8.04. The van der Waals surface area contributed by atoms with Crippen LogP contribution in [0.25, 0.3) is 0 Å². The van der Waals surface area contributed by atoms with Crippen LogP contribution >= 0.6 is 0 Å². The summed E-state index contributed by atoms with van der Waals surface area (Å²) >= 11 is 0. The van der Waals surface area contributed by atoms with Crippen molar-refractivity contribution in [2.75, 3.05) is 51.0 Å². The number of anilines is 2. The molecule has 2 aromatic carbocycles. The number of rotatable bonds is 8. The number of carbonyl (C=O) groups is 4. The van der Waals surface area contributed by atoms with Crippen LogP contribution in [0.4, 0.5) is 11.4 Å². The lowest BCUT2D eigenvalue weighted by molar-refractivity contribution is -0.144. The zero-order chi connectivity index (χ0) is 29.0. The molecule has 0 radical (unpaired) electrons. The third kappa shape index (κ3) is 6.34. The Morgan fingerprint density at radius 3 is 2.27 bits per heavy atom. The van der Waals surface area contributed by atoms with Crippen molar-refractivity contribution < 1.29 is 24.3 Å². The molecule has 2 aliphatic rings. The van der Waals surface area contributed by atoms with Crippen LogP contribution in [0.3, 0.4) is 0 Å². The van der Waals surface area contributed by atoms with Gasteiger partial charge < -0.3 is 30.9 Å². The number of likely N-dealkylation sites (N-methyl/N-ethyl adjacent to an activating group) is 2. The lowest BCUT2D eigenvalue weighted by Gasteiger charge is -2.40. The number of carboxylic acids is 1. The lowest BCUT2D eigenvalue weighted by Crippen LogP contribution is -2.48. The molecule has 0 aromatic heterocycles. The number of carbonyl (C=O) groups excluding carboxylic acids is 3. The zero-order valence-corrected chi connectivity index (χ0v) is 23.4. The number of aromatic carboxylic acids is 1. The minimum Gasteiger partial charge on any atom is -0.478 e. The number of nitrogens with two attached hydrogens (primary N) is 1. The molecule has 0 bridgehead atoms.